The molecule has 0 atom stereocenters. The number of rotatable bonds is 3. The molecule has 0 amide bonds. The lowest BCUT2D eigenvalue weighted by Crippen LogP contribution is -2.22. The Morgan fingerprint density at radius 3 is 2.70 bits per heavy atom. The van der Waals surface area contributed by atoms with Gasteiger partial charge in [-0.25, -0.2) is 13.1 Å². The molecule has 1 aromatic carbocycles. The zero-order valence-corrected chi connectivity index (χ0v) is 13.9. The summed E-state index contributed by atoms with van der Waals surface area (Å²) in [6, 6.07) is 7.70. The molecule has 23 heavy (non-hydrogen) atoms. The van der Waals surface area contributed by atoms with E-state index >= 15 is 0 Å². The number of nitrogens with zero attached hydrogens (tertiary/aromatic N) is 3. The van der Waals surface area contributed by atoms with Crippen LogP contribution in [0.3, 0.4) is 0 Å². The lowest BCUT2D eigenvalue weighted by molar-refractivity contribution is 0.601. The van der Waals surface area contributed by atoms with Crippen LogP contribution in [0.15, 0.2) is 46.2 Å². The van der Waals surface area contributed by atoms with E-state index in [2.05, 4.69) is 9.82 Å². The summed E-state index contributed by atoms with van der Waals surface area (Å²) >= 11 is 5.85. The fourth-order valence-corrected chi connectivity index (χ4v) is 3.52. The smallest absolute Gasteiger partial charge is 0.290 e. The second-order valence-corrected chi connectivity index (χ2v) is 7.14. The number of anilines is 1. The van der Waals surface area contributed by atoms with Crippen LogP contribution >= 0.6 is 11.6 Å². The van der Waals surface area contributed by atoms with E-state index in [9.17, 15) is 13.2 Å². The molecule has 0 fully saturated rings. The summed E-state index contributed by atoms with van der Waals surface area (Å²) < 4.78 is 30.0. The second kappa shape index (κ2) is 5.39. The summed E-state index contributed by atoms with van der Waals surface area (Å²) in [5.41, 5.74) is 0.210. The topological polar surface area (TPSA) is 85.5 Å². The summed E-state index contributed by atoms with van der Waals surface area (Å²) in [4.78, 5) is 12.0. The largest absolute Gasteiger partial charge is 0.298 e. The van der Waals surface area contributed by atoms with Crippen LogP contribution in [0.5, 0.6) is 0 Å². The van der Waals surface area contributed by atoms with Gasteiger partial charge in [-0.15, -0.1) is 0 Å². The Morgan fingerprint density at radius 1 is 1.26 bits per heavy atom. The van der Waals surface area contributed by atoms with Gasteiger partial charge in [0.05, 0.1) is 5.69 Å². The maximum Gasteiger partial charge on any atom is 0.290 e. The molecule has 7 nitrogen and oxygen atoms in total. The van der Waals surface area contributed by atoms with Crippen LogP contribution in [0.1, 0.15) is 5.82 Å². The van der Waals surface area contributed by atoms with Crippen LogP contribution in [-0.2, 0) is 17.1 Å². The number of sulfonamides is 1. The predicted octanol–water partition coefficient (Wildman–Crippen LogP) is 1.80. The zero-order chi connectivity index (χ0) is 16.8. The van der Waals surface area contributed by atoms with Crippen LogP contribution in [0, 0.1) is 6.92 Å². The van der Waals surface area contributed by atoms with Gasteiger partial charge in [0.1, 0.15) is 16.2 Å². The van der Waals surface area contributed by atoms with Gasteiger partial charge in [0.2, 0.25) is 0 Å². The van der Waals surface area contributed by atoms with Crippen LogP contribution in [-0.4, -0.2) is 22.6 Å². The van der Waals surface area contributed by atoms with Crippen LogP contribution in [0.25, 0.3) is 5.52 Å². The molecular weight excluding hydrogens is 340 g/mol. The van der Waals surface area contributed by atoms with Gasteiger partial charge in [-0.3, -0.25) is 13.9 Å². The number of halogens is 1. The van der Waals surface area contributed by atoms with Crippen LogP contribution in [0.2, 0.25) is 5.02 Å². The van der Waals surface area contributed by atoms with Gasteiger partial charge < -0.3 is 0 Å². The number of nitrogens with one attached hydrogen (secondary N) is 1. The molecule has 0 unspecified atom stereocenters. The van der Waals surface area contributed by atoms with Crippen molar-refractivity contribution < 1.29 is 8.42 Å². The van der Waals surface area contributed by atoms with Gasteiger partial charge >= 0.3 is 0 Å². The monoisotopic (exact) mass is 352 g/mol. The summed E-state index contributed by atoms with van der Waals surface area (Å²) in [5.74, 6) is 0.506. The quantitative estimate of drug-likeness (QED) is 0.778. The van der Waals surface area contributed by atoms with Crippen molar-refractivity contribution in [3.8, 4) is 0 Å². The normalized spacial score (nSPS) is 11.8. The summed E-state index contributed by atoms with van der Waals surface area (Å²) in [6.45, 7) is 1.69. The van der Waals surface area contributed by atoms with E-state index in [0.29, 0.717) is 16.5 Å². The van der Waals surface area contributed by atoms with E-state index in [1.54, 1.807) is 25.1 Å². The van der Waals surface area contributed by atoms with Crippen molar-refractivity contribution in [3.63, 3.8) is 0 Å². The highest BCUT2D eigenvalue weighted by Crippen LogP contribution is 2.20. The minimum Gasteiger partial charge on any atom is -0.298 e. The molecule has 2 aromatic heterocycles. The first-order chi connectivity index (χ1) is 10.8. The molecule has 3 rings (SSSR count). The first-order valence-electron chi connectivity index (χ1n) is 6.62. The molecule has 0 bridgehead atoms. The van der Waals surface area contributed by atoms with E-state index in [1.165, 1.54) is 34.5 Å². The number of hydrogen-bond acceptors (Lipinski definition) is 4. The Balaban J connectivity index is 2.10. The van der Waals surface area contributed by atoms with Crippen molar-refractivity contribution >= 4 is 32.8 Å². The van der Waals surface area contributed by atoms with Crippen molar-refractivity contribution in [2.75, 3.05) is 4.72 Å². The third-order valence-corrected chi connectivity index (χ3v) is 4.92. The highest BCUT2D eigenvalue weighted by molar-refractivity contribution is 7.92. The van der Waals surface area contributed by atoms with Gasteiger partial charge in [-0.2, -0.15) is 5.10 Å². The van der Waals surface area contributed by atoms with Gasteiger partial charge in [-0.1, -0.05) is 17.7 Å². The molecule has 0 aliphatic rings. The second-order valence-electron chi connectivity index (χ2n) is 5.02. The molecule has 2 heterocycles. The minimum absolute atomic E-state index is 0.0225. The number of hydrogen-bond donors (Lipinski definition) is 1. The third kappa shape index (κ3) is 2.82. The molecule has 0 aliphatic heterocycles. The molecule has 0 radical (unpaired) electrons. The SMILES string of the molecule is Cc1nn(C)c(=O)c2cc(S(=O)(=O)Nc3cccc(Cl)c3)cn12. The molecule has 0 saturated carbocycles. The molecule has 120 valence electrons. The Labute approximate surface area is 137 Å². The zero-order valence-electron chi connectivity index (χ0n) is 12.3. The lowest BCUT2D eigenvalue weighted by atomic mass is 10.3. The van der Waals surface area contributed by atoms with Crippen molar-refractivity contribution in [2.45, 2.75) is 11.8 Å². The van der Waals surface area contributed by atoms with Crippen molar-refractivity contribution in [3.05, 3.63) is 57.7 Å². The van der Waals surface area contributed by atoms with E-state index < -0.39 is 10.0 Å². The maximum absolute atomic E-state index is 12.5. The highest BCUT2D eigenvalue weighted by Gasteiger charge is 2.19. The molecular formula is C14H13ClN4O3S. The fraction of sp³-hybridized carbons (Fsp3) is 0.143. The van der Waals surface area contributed by atoms with Crippen molar-refractivity contribution in [1.29, 1.82) is 0 Å². The number of aromatic nitrogens is 3. The van der Waals surface area contributed by atoms with Gasteiger partial charge in [0, 0.05) is 18.3 Å². The van der Waals surface area contributed by atoms with E-state index in [-0.39, 0.29) is 16.0 Å². The molecule has 3 aromatic rings. The molecule has 0 saturated heterocycles. The fourth-order valence-electron chi connectivity index (χ4n) is 2.26. The lowest BCUT2D eigenvalue weighted by Gasteiger charge is -2.06. The standard InChI is InChI=1S/C14H13ClN4O3S/c1-9-16-18(2)14(20)13-7-12(8-19(9)13)23(21,22)17-11-5-3-4-10(15)6-11/h3-8,17H,1-2H3. The summed E-state index contributed by atoms with van der Waals surface area (Å²) in [5, 5.41) is 4.44. The summed E-state index contributed by atoms with van der Waals surface area (Å²) in [7, 11) is -2.33. The third-order valence-electron chi connectivity index (χ3n) is 3.34. The van der Waals surface area contributed by atoms with Crippen LogP contribution < -0.4 is 10.3 Å². The average molecular weight is 353 g/mol. The first kappa shape index (κ1) is 15.6. The Bertz CT molecular complexity index is 1070. The van der Waals surface area contributed by atoms with Gasteiger partial charge in [0.15, 0.2) is 0 Å². The van der Waals surface area contributed by atoms with E-state index in [1.807, 2.05) is 0 Å². The molecule has 9 heteroatoms. The van der Waals surface area contributed by atoms with Crippen molar-refractivity contribution in [2.24, 2.45) is 7.05 Å². The number of fused-ring (bicyclic) bond motifs is 1. The van der Waals surface area contributed by atoms with E-state index in [0.717, 1.165) is 0 Å². The van der Waals surface area contributed by atoms with Gasteiger partial charge in [-0.05, 0) is 31.2 Å². The Morgan fingerprint density at radius 2 is 2.00 bits per heavy atom. The summed E-state index contributed by atoms with van der Waals surface area (Å²) in [6.07, 6.45) is 1.37. The molecule has 0 aliphatic carbocycles. The maximum atomic E-state index is 12.5. The number of benzene rings is 1. The average Bonchev–Trinajstić information content (AvgIpc) is 2.91. The van der Waals surface area contributed by atoms with Crippen LogP contribution in [0.4, 0.5) is 5.69 Å². The van der Waals surface area contributed by atoms with Gasteiger partial charge in [0.25, 0.3) is 15.6 Å². The molecule has 1 N–H and O–H groups in total. The van der Waals surface area contributed by atoms with Crippen molar-refractivity contribution in [1.82, 2.24) is 14.2 Å². The predicted molar refractivity (Wildman–Crippen MR) is 87.4 cm³/mol. The van der Waals surface area contributed by atoms with E-state index in [4.69, 9.17) is 11.6 Å². The Kier molecular flexibility index (Phi) is 3.65. The first-order valence-corrected chi connectivity index (χ1v) is 8.48. The Hall–Kier alpha value is -2.32. The highest BCUT2D eigenvalue weighted by atomic mass is 35.5. The number of aryl methyl sites for hydroxylation is 2. The minimum atomic E-state index is -3.84. The molecule has 0 spiro atoms.